The Morgan fingerprint density at radius 2 is 2.11 bits per heavy atom. The van der Waals surface area contributed by atoms with Crippen LogP contribution in [0.3, 0.4) is 0 Å². The molecule has 2 aromatic rings. The molecule has 0 bridgehead atoms. The largest absolute Gasteiger partial charge is 0.308 e. The van der Waals surface area contributed by atoms with E-state index in [0.717, 1.165) is 21.2 Å². The van der Waals surface area contributed by atoms with Crippen LogP contribution in [0.4, 0.5) is 4.39 Å². The van der Waals surface area contributed by atoms with Gasteiger partial charge in [0.25, 0.3) is 0 Å². The monoisotopic (exact) mass is 389 g/mol. The van der Waals surface area contributed by atoms with Gasteiger partial charge < -0.3 is 5.32 Å². The number of nitrogens with zero attached hydrogens (tertiary/aromatic N) is 2. The van der Waals surface area contributed by atoms with E-state index >= 15 is 0 Å². The minimum absolute atomic E-state index is 0.246. The number of hydrogen-bond acceptors (Lipinski definition) is 2. The van der Waals surface area contributed by atoms with Crippen molar-refractivity contribution in [2.24, 2.45) is 0 Å². The second kappa shape index (κ2) is 6.15. The molecule has 0 amide bonds. The number of rotatable bonds is 4. The maximum atomic E-state index is 14.1. The second-order valence-corrected chi connectivity index (χ2v) is 5.76. The van der Waals surface area contributed by atoms with E-state index in [9.17, 15) is 4.39 Å². The maximum Gasteiger partial charge on any atom is 0.129 e. The van der Waals surface area contributed by atoms with E-state index in [1.807, 2.05) is 24.7 Å². The van der Waals surface area contributed by atoms with Crippen LogP contribution in [-0.2, 0) is 6.54 Å². The van der Waals surface area contributed by atoms with Crippen LogP contribution in [0.25, 0.3) is 0 Å². The zero-order chi connectivity index (χ0) is 14.0. The fourth-order valence-corrected chi connectivity index (χ4v) is 3.21. The molecule has 3 nitrogen and oxygen atoms in total. The first-order valence-electron chi connectivity index (χ1n) is 5.92. The standard InChI is InChI=1S/C13H14Br2FN3/c1-3-19-13(9(15)7-18-19)12(17-2)11-8(14)5-4-6-10(11)16/h4-7,12,17H,3H2,1-2H3. The van der Waals surface area contributed by atoms with Crippen LogP contribution in [-0.4, -0.2) is 16.8 Å². The second-order valence-electron chi connectivity index (χ2n) is 4.05. The Kier molecular flexibility index (Phi) is 4.76. The summed E-state index contributed by atoms with van der Waals surface area (Å²) in [5.41, 5.74) is 1.50. The summed E-state index contributed by atoms with van der Waals surface area (Å²) in [6.45, 7) is 2.73. The molecule has 0 fully saturated rings. The molecule has 1 heterocycles. The van der Waals surface area contributed by atoms with Gasteiger partial charge in [0.15, 0.2) is 0 Å². The Morgan fingerprint density at radius 1 is 1.37 bits per heavy atom. The Hall–Kier alpha value is -0.720. The summed E-state index contributed by atoms with van der Waals surface area (Å²) in [5.74, 6) is -0.246. The summed E-state index contributed by atoms with van der Waals surface area (Å²) in [6, 6.07) is 4.71. The van der Waals surface area contributed by atoms with Gasteiger partial charge >= 0.3 is 0 Å². The van der Waals surface area contributed by atoms with Gasteiger partial charge in [-0.25, -0.2) is 4.39 Å². The number of hydrogen-bond donors (Lipinski definition) is 1. The molecule has 1 aromatic heterocycles. The number of benzene rings is 1. The minimum atomic E-state index is -0.271. The lowest BCUT2D eigenvalue weighted by atomic mass is 10.0. The first-order valence-corrected chi connectivity index (χ1v) is 7.51. The summed E-state index contributed by atoms with van der Waals surface area (Å²) >= 11 is 6.90. The molecule has 1 atom stereocenters. The van der Waals surface area contributed by atoms with Crippen molar-refractivity contribution < 1.29 is 4.39 Å². The van der Waals surface area contributed by atoms with Gasteiger partial charge in [-0.05, 0) is 42.0 Å². The highest BCUT2D eigenvalue weighted by atomic mass is 79.9. The highest BCUT2D eigenvalue weighted by Gasteiger charge is 2.24. The Morgan fingerprint density at radius 3 is 2.68 bits per heavy atom. The average molecular weight is 391 g/mol. The topological polar surface area (TPSA) is 29.9 Å². The van der Waals surface area contributed by atoms with Gasteiger partial charge in [-0.3, -0.25) is 4.68 Å². The van der Waals surface area contributed by atoms with Crippen LogP contribution in [0.5, 0.6) is 0 Å². The Balaban J connectivity index is 2.59. The normalized spacial score (nSPS) is 12.7. The summed E-state index contributed by atoms with van der Waals surface area (Å²) in [5, 5.41) is 7.44. The molecule has 0 aliphatic rings. The van der Waals surface area contributed by atoms with Gasteiger partial charge in [-0.1, -0.05) is 22.0 Å². The summed E-state index contributed by atoms with van der Waals surface area (Å²) in [6.07, 6.45) is 1.73. The third-order valence-corrected chi connectivity index (χ3v) is 4.29. The molecule has 0 aliphatic heterocycles. The number of aryl methyl sites for hydroxylation is 1. The predicted molar refractivity (Wildman–Crippen MR) is 80.6 cm³/mol. The molecule has 0 spiro atoms. The molecule has 0 aliphatic carbocycles. The van der Waals surface area contributed by atoms with Crippen molar-refractivity contribution in [3.05, 3.63) is 50.4 Å². The smallest absolute Gasteiger partial charge is 0.129 e. The van der Waals surface area contributed by atoms with Crippen LogP contribution in [0.2, 0.25) is 0 Å². The molecular weight excluding hydrogens is 377 g/mol. The molecule has 0 radical (unpaired) electrons. The first kappa shape index (κ1) is 14.7. The molecule has 1 aromatic carbocycles. The zero-order valence-corrected chi connectivity index (χ0v) is 13.8. The van der Waals surface area contributed by atoms with Crippen LogP contribution in [0.15, 0.2) is 33.3 Å². The van der Waals surface area contributed by atoms with Crippen LogP contribution < -0.4 is 5.32 Å². The van der Waals surface area contributed by atoms with Crippen LogP contribution in [0.1, 0.15) is 24.2 Å². The molecule has 2 rings (SSSR count). The number of halogens is 3. The highest BCUT2D eigenvalue weighted by molar-refractivity contribution is 9.10. The van der Waals surface area contributed by atoms with Gasteiger partial charge in [0.1, 0.15) is 5.82 Å². The molecular formula is C13H14Br2FN3. The number of nitrogens with one attached hydrogen (secondary N) is 1. The van der Waals surface area contributed by atoms with Gasteiger partial charge in [0.05, 0.1) is 22.4 Å². The molecule has 0 saturated heterocycles. The SMILES string of the molecule is CCn1ncc(Br)c1C(NC)c1c(F)cccc1Br. The maximum absolute atomic E-state index is 14.1. The van der Waals surface area contributed by atoms with Gasteiger partial charge in [-0.15, -0.1) is 0 Å². The highest BCUT2D eigenvalue weighted by Crippen LogP contribution is 2.34. The van der Waals surface area contributed by atoms with Crippen molar-refractivity contribution in [2.75, 3.05) is 7.05 Å². The van der Waals surface area contributed by atoms with E-state index < -0.39 is 0 Å². The lowest BCUT2D eigenvalue weighted by molar-refractivity contribution is 0.530. The van der Waals surface area contributed by atoms with E-state index in [4.69, 9.17) is 0 Å². The summed E-state index contributed by atoms with van der Waals surface area (Å²) < 4.78 is 17.6. The third-order valence-electron chi connectivity index (χ3n) is 2.98. The van der Waals surface area contributed by atoms with Crippen molar-refractivity contribution in [3.63, 3.8) is 0 Å². The first-order chi connectivity index (χ1) is 9.10. The van der Waals surface area contributed by atoms with Gasteiger partial charge in [-0.2, -0.15) is 5.10 Å². The third kappa shape index (κ3) is 2.75. The van der Waals surface area contributed by atoms with Crippen molar-refractivity contribution >= 4 is 31.9 Å². The average Bonchev–Trinajstić information content (AvgIpc) is 2.75. The quantitative estimate of drug-likeness (QED) is 0.858. The van der Waals surface area contributed by atoms with E-state index in [2.05, 4.69) is 42.3 Å². The lowest BCUT2D eigenvalue weighted by Gasteiger charge is -2.20. The van der Waals surface area contributed by atoms with Crippen molar-refractivity contribution in [1.29, 1.82) is 0 Å². The Bertz CT molecular complexity index is 563. The predicted octanol–water partition coefficient (Wildman–Crippen LogP) is 3.88. The molecule has 19 heavy (non-hydrogen) atoms. The molecule has 0 saturated carbocycles. The van der Waals surface area contributed by atoms with Crippen molar-refractivity contribution in [2.45, 2.75) is 19.5 Å². The van der Waals surface area contributed by atoms with Gasteiger partial charge in [0, 0.05) is 16.6 Å². The molecule has 6 heteroatoms. The molecule has 1 N–H and O–H groups in total. The van der Waals surface area contributed by atoms with Crippen molar-refractivity contribution in [3.8, 4) is 0 Å². The summed E-state index contributed by atoms with van der Waals surface area (Å²) in [7, 11) is 1.81. The van der Waals surface area contributed by atoms with Crippen LogP contribution >= 0.6 is 31.9 Å². The number of aromatic nitrogens is 2. The van der Waals surface area contributed by atoms with E-state index in [0.29, 0.717) is 5.56 Å². The Labute approximate surface area is 128 Å². The van der Waals surface area contributed by atoms with Crippen molar-refractivity contribution in [1.82, 2.24) is 15.1 Å². The fourth-order valence-electron chi connectivity index (χ4n) is 2.12. The zero-order valence-electron chi connectivity index (χ0n) is 10.6. The van der Waals surface area contributed by atoms with E-state index in [1.165, 1.54) is 6.07 Å². The fraction of sp³-hybridized carbons (Fsp3) is 0.308. The summed E-state index contributed by atoms with van der Waals surface area (Å²) in [4.78, 5) is 0. The molecule has 1 unspecified atom stereocenters. The van der Waals surface area contributed by atoms with Gasteiger partial charge in [0.2, 0.25) is 0 Å². The van der Waals surface area contributed by atoms with E-state index in [1.54, 1.807) is 12.3 Å². The van der Waals surface area contributed by atoms with Crippen LogP contribution in [0, 0.1) is 5.82 Å². The lowest BCUT2D eigenvalue weighted by Crippen LogP contribution is -2.23. The molecule has 102 valence electrons. The van der Waals surface area contributed by atoms with E-state index in [-0.39, 0.29) is 11.9 Å². The minimum Gasteiger partial charge on any atom is -0.308 e.